The van der Waals surface area contributed by atoms with Gasteiger partial charge in [0.2, 0.25) is 5.91 Å². The number of anilines is 1. The lowest BCUT2D eigenvalue weighted by Crippen LogP contribution is -2.33. The van der Waals surface area contributed by atoms with E-state index >= 15 is 0 Å². The van der Waals surface area contributed by atoms with Gasteiger partial charge in [0.05, 0.1) is 17.3 Å². The Morgan fingerprint density at radius 1 is 1.21 bits per heavy atom. The van der Waals surface area contributed by atoms with Gasteiger partial charge in [0, 0.05) is 18.7 Å². The van der Waals surface area contributed by atoms with E-state index in [1.54, 1.807) is 43.0 Å². The third-order valence-electron chi connectivity index (χ3n) is 4.67. The highest BCUT2D eigenvalue weighted by atomic mass is 16.5. The maximum Gasteiger partial charge on any atom is 0.280 e. The number of carbonyl (C=O) groups is 2. The van der Waals surface area contributed by atoms with E-state index < -0.39 is 6.10 Å². The van der Waals surface area contributed by atoms with E-state index in [1.165, 1.54) is 0 Å². The number of ether oxygens (including phenoxy) is 1. The third-order valence-corrected chi connectivity index (χ3v) is 4.67. The molecule has 0 aromatic heterocycles. The summed E-state index contributed by atoms with van der Waals surface area (Å²) in [5.74, 6) is 0.263. The first kappa shape index (κ1) is 20.1. The predicted octanol–water partition coefficient (Wildman–Crippen LogP) is 2.99. The lowest BCUT2D eigenvalue weighted by Gasteiger charge is -2.16. The van der Waals surface area contributed by atoms with E-state index in [0.717, 1.165) is 24.2 Å². The summed E-state index contributed by atoms with van der Waals surface area (Å²) in [6.45, 7) is 4.17. The Bertz CT molecular complexity index is 959. The van der Waals surface area contributed by atoms with Gasteiger partial charge >= 0.3 is 0 Å². The third kappa shape index (κ3) is 4.99. The van der Waals surface area contributed by atoms with Crippen LogP contribution in [0.5, 0.6) is 5.75 Å². The molecule has 1 fully saturated rings. The van der Waals surface area contributed by atoms with Crippen molar-refractivity contribution in [3.63, 3.8) is 0 Å². The first-order chi connectivity index (χ1) is 14.0. The molecule has 3 rings (SSSR count). The minimum Gasteiger partial charge on any atom is -0.481 e. The topological polar surface area (TPSA) is 94.8 Å². The fourth-order valence-corrected chi connectivity index (χ4v) is 2.96. The van der Waals surface area contributed by atoms with Gasteiger partial charge in [-0.05, 0) is 62.2 Å². The van der Waals surface area contributed by atoms with E-state index in [2.05, 4.69) is 10.5 Å². The number of nitrogens with zero attached hydrogens (tertiary/aromatic N) is 3. The molecule has 0 unspecified atom stereocenters. The number of nitriles is 1. The highest BCUT2D eigenvalue weighted by molar-refractivity contribution is 6.00. The van der Waals surface area contributed by atoms with Gasteiger partial charge in [0.25, 0.3) is 5.91 Å². The van der Waals surface area contributed by atoms with E-state index in [4.69, 9.17) is 10.00 Å². The van der Waals surface area contributed by atoms with Crippen molar-refractivity contribution in [3.8, 4) is 11.8 Å². The molecule has 0 saturated carbocycles. The molecule has 0 aliphatic carbocycles. The number of carbonyl (C=O) groups excluding carboxylic acids is 2. The smallest absolute Gasteiger partial charge is 0.280 e. The van der Waals surface area contributed by atoms with Crippen LogP contribution in [0.25, 0.3) is 0 Å². The molecule has 148 valence electrons. The van der Waals surface area contributed by atoms with Gasteiger partial charge in [0.15, 0.2) is 6.10 Å². The van der Waals surface area contributed by atoms with Crippen molar-refractivity contribution < 1.29 is 14.3 Å². The molecule has 1 aliphatic rings. The minimum absolute atomic E-state index is 0.145. The summed E-state index contributed by atoms with van der Waals surface area (Å²) in [5, 5.41) is 12.9. The van der Waals surface area contributed by atoms with Crippen LogP contribution < -0.4 is 15.1 Å². The van der Waals surface area contributed by atoms with Gasteiger partial charge in [-0.3, -0.25) is 9.59 Å². The first-order valence-electron chi connectivity index (χ1n) is 9.39. The second kappa shape index (κ2) is 9.02. The number of hydrogen-bond acceptors (Lipinski definition) is 5. The summed E-state index contributed by atoms with van der Waals surface area (Å²) >= 11 is 0. The van der Waals surface area contributed by atoms with Crippen LogP contribution >= 0.6 is 0 Å². The monoisotopic (exact) mass is 390 g/mol. The predicted molar refractivity (Wildman–Crippen MR) is 110 cm³/mol. The van der Waals surface area contributed by atoms with Crippen molar-refractivity contribution >= 4 is 23.2 Å². The molecule has 0 spiro atoms. The molecule has 1 aliphatic heterocycles. The Kier molecular flexibility index (Phi) is 6.25. The van der Waals surface area contributed by atoms with Crippen molar-refractivity contribution in [2.45, 2.75) is 32.8 Å². The van der Waals surface area contributed by atoms with Gasteiger partial charge in [-0.15, -0.1) is 0 Å². The zero-order chi connectivity index (χ0) is 20.8. The van der Waals surface area contributed by atoms with Crippen LogP contribution in [0.15, 0.2) is 53.6 Å². The molecule has 1 heterocycles. The summed E-state index contributed by atoms with van der Waals surface area (Å²) in [4.78, 5) is 25.8. The number of nitrogens with one attached hydrogen (secondary N) is 1. The molecule has 0 radical (unpaired) electrons. The molecule has 7 heteroatoms. The minimum atomic E-state index is -0.747. The highest BCUT2D eigenvalue weighted by Crippen LogP contribution is 2.21. The van der Waals surface area contributed by atoms with Gasteiger partial charge in [-0.1, -0.05) is 12.1 Å². The van der Waals surface area contributed by atoms with Crippen LogP contribution in [0.2, 0.25) is 0 Å². The van der Waals surface area contributed by atoms with Gasteiger partial charge in [-0.2, -0.15) is 10.4 Å². The largest absolute Gasteiger partial charge is 0.481 e. The van der Waals surface area contributed by atoms with Crippen molar-refractivity contribution in [1.29, 1.82) is 5.26 Å². The van der Waals surface area contributed by atoms with Crippen molar-refractivity contribution in [1.82, 2.24) is 5.43 Å². The molecule has 29 heavy (non-hydrogen) atoms. The molecule has 1 saturated heterocycles. The fourth-order valence-electron chi connectivity index (χ4n) is 2.96. The summed E-state index contributed by atoms with van der Waals surface area (Å²) < 4.78 is 5.57. The zero-order valence-electron chi connectivity index (χ0n) is 16.4. The zero-order valence-corrected chi connectivity index (χ0v) is 16.4. The van der Waals surface area contributed by atoms with Gasteiger partial charge < -0.3 is 9.64 Å². The van der Waals surface area contributed by atoms with Crippen LogP contribution in [0.3, 0.4) is 0 Å². The fraction of sp³-hybridized carbons (Fsp3) is 0.273. The molecule has 1 N–H and O–H groups in total. The maximum absolute atomic E-state index is 12.2. The Labute approximate surface area is 169 Å². The van der Waals surface area contributed by atoms with Gasteiger partial charge in [-0.25, -0.2) is 5.43 Å². The molecule has 1 atom stereocenters. The summed E-state index contributed by atoms with van der Waals surface area (Å²) in [5.41, 5.74) is 5.39. The standard InChI is InChI=1S/C22H22N4O3/c1-15(18-7-9-19(10-8-18)26-13-3-4-21(26)27)24-25-22(28)16(2)29-20-11-5-17(14-23)6-12-20/h5-12,16H,3-4,13H2,1-2H3,(H,25,28)/b24-15-/t16-/m1/s1. The Morgan fingerprint density at radius 2 is 1.90 bits per heavy atom. The van der Waals surface area contributed by atoms with Crippen molar-refractivity contribution in [2.24, 2.45) is 5.10 Å². The van der Waals surface area contributed by atoms with Crippen LogP contribution in [-0.4, -0.2) is 30.2 Å². The molecule has 2 aromatic rings. The van der Waals surface area contributed by atoms with E-state index in [9.17, 15) is 9.59 Å². The molecule has 0 bridgehead atoms. The summed E-state index contributed by atoms with van der Waals surface area (Å²) in [7, 11) is 0. The second-order valence-electron chi connectivity index (χ2n) is 6.77. The Hall–Kier alpha value is -3.66. The molecular formula is C22H22N4O3. The van der Waals surface area contributed by atoms with Crippen LogP contribution in [0.1, 0.15) is 37.8 Å². The average Bonchev–Trinajstić information content (AvgIpc) is 3.18. The molecular weight excluding hydrogens is 368 g/mol. The first-order valence-corrected chi connectivity index (χ1v) is 9.39. The lowest BCUT2D eigenvalue weighted by molar-refractivity contribution is -0.127. The van der Waals surface area contributed by atoms with Crippen molar-refractivity contribution in [2.75, 3.05) is 11.4 Å². The SMILES string of the molecule is C/C(=N/NC(=O)[C@@H](C)Oc1ccc(C#N)cc1)c1ccc(N2CCCC2=O)cc1. The Balaban J connectivity index is 1.57. The second-order valence-corrected chi connectivity index (χ2v) is 6.77. The summed E-state index contributed by atoms with van der Waals surface area (Å²) in [6, 6.07) is 16.1. The van der Waals surface area contributed by atoms with Crippen LogP contribution in [0, 0.1) is 11.3 Å². The average molecular weight is 390 g/mol. The van der Waals surface area contributed by atoms with Crippen LogP contribution in [0.4, 0.5) is 5.69 Å². The molecule has 2 amide bonds. The van der Waals surface area contributed by atoms with Crippen molar-refractivity contribution in [3.05, 3.63) is 59.7 Å². The molecule has 2 aromatic carbocycles. The number of hydrazone groups is 1. The molecule has 7 nitrogen and oxygen atoms in total. The van der Waals surface area contributed by atoms with E-state index in [-0.39, 0.29) is 11.8 Å². The Morgan fingerprint density at radius 3 is 2.48 bits per heavy atom. The highest BCUT2D eigenvalue weighted by Gasteiger charge is 2.21. The maximum atomic E-state index is 12.2. The number of rotatable bonds is 6. The normalized spacial score (nSPS) is 15.0. The summed E-state index contributed by atoms with van der Waals surface area (Å²) in [6.07, 6.45) is 0.732. The number of benzene rings is 2. The number of hydrogen-bond donors (Lipinski definition) is 1. The van der Waals surface area contributed by atoms with Crippen LogP contribution in [-0.2, 0) is 9.59 Å². The quantitative estimate of drug-likeness (QED) is 0.606. The van der Waals surface area contributed by atoms with E-state index in [1.807, 2.05) is 30.3 Å². The van der Waals surface area contributed by atoms with Gasteiger partial charge in [0.1, 0.15) is 5.75 Å². The number of amides is 2. The van der Waals surface area contributed by atoms with E-state index in [0.29, 0.717) is 23.4 Å². The lowest BCUT2D eigenvalue weighted by atomic mass is 10.1.